The van der Waals surface area contributed by atoms with Gasteiger partial charge in [0, 0.05) is 39.5 Å². The largest absolute Gasteiger partial charge is 0.396 e. The lowest BCUT2D eigenvalue weighted by Gasteiger charge is -2.04. The van der Waals surface area contributed by atoms with E-state index in [1.807, 2.05) is 6.20 Å². The number of rotatable bonds is 7. The fraction of sp³-hybridized carbons (Fsp3) is 0.700. The van der Waals surface area contributed by atoms with E-state index in [2.05, 4.69) is 5.10 Å². The summed E-state index contributed by atoms with van der Waals surface area (Å²) in [7, 11) is 1.67. The van der Waals surface area contributed by atoms with Gasteiger partial charge in [0.25, 0.3) is 0 Å². The summed E-state index contributed by atoms with van der Waals surface area (Å²) in [6.07, 6.45) is 2.38. The van der Waals surface area contributed by atoms with Crippen molar-refractivity contribution in [2.45, 2.75) is 25.5 Å². The number of aliphatic hydroxyl groups is 2. The van der Waals surface area contributed by atoms with E-state index in [0.717, 1.165) is 13.0 Å². The standard InChI is InChI=1S/C10H18N2O3/c1-15-8-2-5-12-6-3-9(11-12)10(14)4-7-13/h3,6,10,13-14H,2,4-5,7-8H2,1H3/t10-/m0/s1. The highest BCUT2D eigenvalue weighted by atomic mass is 16.5. The van der Waals surface area contributed by atoms with Crippen LogP contribution in [0.1, 0.15) is 24.6 Å². The van der Waals surface area contributed by atoms with Gasteiger partial charge in [0.15, 0.2) is 0 Å². The molecule has 15 heavy (non-hydrogen) atoms. The number of aryl methyl sites for hydroxylation is 1. The number of aromatic nitrogens is 2. The third-order valence-electron chi connectivity index (χ3n) is 2.14. The van der Waals surface area contributed by atoms with E-state index in [4.69, 9.17) is 9.84 Å². The van der Waals surface area contributed by atoms with Gasteiger partial charge < -0.3 is 14.9 Å². The Labute approximate surface area is 89.3 Å². The summed E-state index contributed by atoms with van der Waals surface area (Å²) in [6.45, 7) is 1.45. The van der Waals surface area contributed by atoms with Gasteiger partial charge >= 0.3 is 0 Å². The van der Waals surface area contributed by atoms with Gasteiger partial charge in [-0.1, -0.05) is 0 Å². The Bertz CT molecular complexity index is 275. The molecule has 0 saturated carbocycles. The average Bonchev–Trinajstić information content (AvgIpc) is 2.67. The molecular formula is C10H18N2O3. The van der Waals surface area contributed by atoms with Crippen LogP contribution in [0, 0.1) is 0 Å². The summed E-state index contributed by atoms with van der Waals surface area (Å²) in [4.78, 5) is 0. The van der Waals surface area contributed by atoms with Gasteiger partial charge in [-0.25, -0.2) is 0 Å². The quantitative estimate of drug-likeness (QED) is 0.642. The molecule has 0 aliphatic rings. The summed E-state index contributed by atoms with van der Waals surface area (Å²) >= 11 is 0. The van der Waals surface area contributed by atoms with E-state index in [-0.39, 0.29) is 6.61 Å². The van der Waals surface area contributed by atoms with E-state index in [0.29, 0.717) is 18.7 Å². The van der Waals surface area contributed by atoms with Gasteiger partial charge in [-0.15, -0.1) is 0 Å². The van der Waals surface area contributed by atoms with Gasteiger partial charge in [-0.2, -0.15) is 5.10 Å². The zero-order valence-corrected chi connectivity index (χ0v) is 8.96. The Morgan fingerprint density at radius 3 is 3.07 bits per heavy atom. The molecule has 0 saturated heterocycles. The van der Waals surface area contributed by atoms with Gasteiger partial charge in [-0.05, 0) is 12.5 Å². The van der Waals surface area contributed by atoms with Crippen molar-refractivity contribution in [2.24, 2.45) is 0 Å². The zero-order valence-electron chi connectivity index (χ0n) is 8.96. The molecule has 0 radical (unpaired) electrons. The average molecular weight is 214 g/mol. The van der Waals surface area contributed by atoms with Gasteiger partial charge in [-0.3, -0.25) is 4.68 Å². The molecule has 0 aliphatic carbocycles. The van der Waals surface area contributed by atoms with Crippen LogP contribution in [-0.4, -0.2) is 40.3 Å². The number of hydrogen-bond acceptors (Lipinski definition) is 4. The molecule has 5 heteroatoms. The van der Waals surface area contributed by atoms with Crippen molar-refractivity contribution in [2.75, 3.05) is 20.3 Å². The second kappa shape index (κ2) is 6.55. The molecule has 1 rings (SSSR count). The molecule has 0 spiro atoms. The summed E-state index contributed by atoms with van der Waals surface area (Å²) in [5, 5.41) is 22.4. The first-order chi connectivity index (χ1) is 7.27. The third-order valence-corrected chi connectivity index (χ3v) is 2.14. The normalized spacial score (nSPS) is 13.0. The minimum atomic E-state index is -0.668. The van der Waals surface area contributed by atoms with Crippen LogP contribution < -0.4 is 0 Å². The molecule has 2 N–H and O–H groups in total. The molecule has 0 fully saturated rings. The van der Waals surface area contributed by atoms with E-state index in [1.54, 1.807) is 17.9 Å². The second-order valence-electron chi connectivity index (χ2n) is 3.38. The SMILES string of the molecule is COCCCn1ccc([C@@H](O)CCO)n1. The van der Waals surface area contributed by atoms with Crippen LogP contribution >= 0.6 is 0 Å². The second-order valence-corrected chi connectivity index (χ2v) is 3.38. The molecule has 1 heterocycles. The smallest absolute Gasteiger partial charge is 0.1000 e. The highest BCUT2D eigenvalue weighted by molar-refractivity contribution is 5.02. The number of nitrogens with zero attached hydrogens (tertiary/aromatic N) is 2. The van der Waals surface area contributed by atoms with Crippen molar-refractivity contribution in [3.05, 3.63) is 18.0 Å². The number of ether oxygens (including phenoxy) is 1. The monoisotopic (exact) mass is 214 g/mol. The van der Waals surface area contributed by atoms with Gasteiger partial charge in [0.1, 0.15) is 0 Å². The molecule has 0 aliphatic heterocycles. The van der Waals surface area contributed by atoms with Crippen molar-refractivity contribution in [3.8, 4) is 0 Å². The summed E-state index contributed by atoms with van der Waals surface area (Å²) in [5.41, 5.74) is 0.612. The minimum Gasteiger partial charge on any atom is -0.396 e. The predicted molar refractivity (Wildman–Crippen MR) is 55.4 cm³/mol. The summed E-state index contributed by atoms with van der Waals surface area (Å²) in [5.74, 6) is 0. The molecule has 0 unspecified atom stereocenters. The number of aliphatic hydroxyl groups excluding tert-OH is 2. The topological polar surface area (TPSA) is 67.5 Å². The highest BCUT2D eigenvalue weighted by Crippen LogP contribution is 2.13. The van der Waals surface area contributed by atoms with Gasteiger partial charge in [0.05, 0.1) is 11.8 Å². The molecular weight excluding hydrogens is 196 g/mol. The molecule has 1 atom stereocenters. The van der Waals surface area contributed by atoms with Crippen molar-refractivity contribution >= 4 is 0 Å². The van der Waals surface area contributed by atoms with E-state index in [1.165, 1.54) is 0 Å². The highest BCUT2D eigenvalue weighted by Gasteiger charge is 2.09. The minimum absolute atomic E-state index is 0.0301. The molecule has 86 valence electrons. The van der Waals surface area contributed by atoms with Crippen LogP contribution in [0.2, 0.25) is 0 Å². The maximum atomic E-state index is 9.54. The Morgan fingerprint density at radius 2 is 2.40 bits per heavy atom. The first kappa shape index (κ1) is 12.2. The first-order valence-corrected chi connectivity index (χ1v) is 5.09. The predicted octanol–water partition coefficient (Wildman–Crippen LogP) is 0.335. The Balaban J connectivity index is 2.41. The lowest BCUT2D eigenvalue weighted by atomic mass is 10.2. The van der Waals surface area contributed by atoms with Crippen LogP contribution in [0.15, 0.2) is 12.3 Å². The lowest BCUT2D eigenvalue weighted by Crippen LogP contribution is -2.05. The van der Waals surface area contributed by atoms with Crippen molar-refractivity contribution < 1.29 is 14.9 Å². The Hall–Kier alpha value is -0.910. The van der Waals surface area contributed by atoms with Crippen LogP contribution in [0.3, 0.4) is 0 Å². The molecule has 0 bridgehead atoms. The molecule has 5 nitrogen and oxygen atoms in total. The first-order valence-electron chi connectivity index (χ1n) is 5.09. The summed E-state index contributed by atoms with van der Waals surface area (Å²) in [6, 6.07) is 1.77. The zero-order chi connectivity index (χ0) is 11.1. The number of methoxy groups -OCH3 is 1. The number of hydrogen-bond donors (Lipinski definition) is 2. The van der Waals surface area contributed by atoms with Crippen LogP contribution in [0.5, 0.6) is 0 Å². The van der Waals surface area contributed by atoms with Crippen molar-refractivity contribution in [3.63, 3.8) is 0 Å². The molecule has 0 aromatic carbocycles. The van der Waals surface area contributed by atoms with E-state index >= 15 is 0 Å². The fourth-order valence-corrected chi connectivity index (χ4v) is 1.32. The molecule has 0 amide bonds. The Morgan fingerprint density at radius 1 is 1.60 bits per heavy atom. The van der Waals surface area contributed by atoms with Crippen molar-refractivity contribution in [1.29, 1.82) is 0 Å². The fourth-order valence-electron chi connectivity index (χ4n) is 1.32. The maximum Gasteiger partial charge on any atom is 0.1000 e. The third kappa shape index (κ3) is 3.99. The van der Waals surface area contributed by atoms with E-state index < -0.39 is 6.10 Å². The van der Waals surface area contributed by atoms with Crippen LogP contribution in [0.4, 0.5) is 0 Å². The molecule has 1 aromatic rings. The summed E-state index contributed by atoms with van der Waals surface area (Å²) < 4.78 is 6.71. The van der Waals surface area contributed by atoms with E-state index in [9.17, 15) is 5.11 Å². The maximum absolute atomic E-state index is 9.54. The van der Waals surface area contributed by atoms with Crippen LogP contribution in [0.25, 0.3) is 0 Å². The van der Waals surface area contributed by atoms with Crippen LogP contribution in [-0.2, 0) is 11.3 Å². The van der Waals surface area contributed by atoms with Gasteiger partial charge in [0.2, 0.25) is 0 Å². The lowest BCUT2D eigenvalue weighted by molar-refractivity contribution is 0.129. The molecule has 1 aromatic heterocycles. The van der Waals surface area contributed by atoms with Crippen molar-refractivity contribution in [1.82, 2.24) is 9.78 Å². The Kier molecular flexibility index (Phi) is 5.31.